The molecule has 0 radical (unpaired) electrons. The molecule has 1 heterocycles. The van der Waals surface area contributed by atoms with Gasteiger partial charge in [0.2, 0.25) is 5.91 Å². The van der Waals surface area contributed by atoms with Crippen LogP contribution in [0.4, 0.5) is 0 Å². The monoisotopic (exact) mass is 300 g/mol. The molecular weight excluding hydrogens is 284 g/mol. The minimum atomic E-state index is -0.178. The fraction of sp³-hybridized carbons (Fsp3) is 0.235. The first kappa shape index (κ1) is 14.1. The lowest BCUT2D eigenvalue weighted by atomic mass is 9.95. The quantitative estimate of drug-likeness (QED) is 0.915. The van der Waals surface area contributed by atoms with Gasteiger partial charge in [-0.15, -0.1) is 0 Å². The fourth-order valence-electron chi connectivity index (χ4n) is 2.59. The van der Waals surface area contributed by atoms with Gasteiger partial charge < -0.3 is 10.6 Å². The molecule has 0 fully saturated rings. The van der Waals surface area contributed by atoms with Gasteiger partial charge in [0, 0.05) is 18.1 Å². The van der Waals surface area contributed by atoms with E-state index in [9.17, 15) is 4.79 Å². The highest BCUT2D eigenvalue weighted by atomic mass is 35.5. The van der Waals surface area contributed by atoms with Crippen LogP contribution in [0.15, 0.2) is 48.5 Å². The minimum absolute atomic E-state index is 0.0180. The Balaban J connectivity index is 1.61. The molecule has 1 aliphatic heterocycles. The van der Waals surface area contributed by atoms with Crippen molar-refractivity contribution in [2.24, 2.45) is 0 Å². The van der Waals surface area contributed by atoms with Gasteiger partial charge in [0.1, 0.15) is 0 Å². The molecule has 0 spiro atoms. The van der Waals surface area contributed by atoms with E-state index in [4.69, 9.17) is 11.6 Å². The molecule has 2 N–H and O–H groups in total. The summed E-state index contributed by atoms with van der Waals surface area (Å²) in [5.41, 5.74) is 3.45. The molecular formula is C17H17ClN2O. The van der Waals surface area contributed by atoms with Crippen molar-refractivity contribution in [3.05, 3.63) is 70.2 Å². The summed E-state index contributed by atoms with van der Waals surface area (Å²) in [6.07, 6.45) is 0.727. The summed E-state index contributed by atoms with van der Waals surface area (Å²) in [4.78, 5) is 12.3. The van der Waals surface area contributed by atoms with Crippen molar-refractivity contribution in [3.63, 3.8) is 0 Å². The smallest absolute Gasteiger partial charge is 0.237 e. The van der Waals surface area contributed by atoms with E-state index in [1.54, 1.807) is 0 Å². The third-order valence-electron chi connectivity index (χ3n) is 3.81. The summed E-state index contributed by atoms with van der Waals surface area (Å²) in [6, 6.07) is 15.6. The van der Waals surface area contributed by atoms with Crippen LogP contribution < -0.4 is 10.6 Å². The maximum Gasteiger partial charge on any atom is 0.237 e. The molecule has 1 amide bonds. The van der Waals surface area contributed by atoms with Crippen LogP contribution in [0.25, 0.3) is 0 Å². The SMILES string of the molecule is O=C(NCc1ccccc1Cl)[C@H]1Cc2ccccc2CN1. The van der Waals surface area contributed by atoms with Crippen LogP contribution in [-0.2, 0) is 24.3 Å². The highest BCUT2D eigenvalue weighted by Gasteiger charge is 2.23. The second-order valence-corrected chi connectivity index (χ2v) is 5.62. The Hall–Kier alpha value is -1.84. The van der Waals surface area contributed by atoms with Gasteiger partial charge in [-0.3, -0.25) is 4.79 Å². The van der Waals surface area contributed by atoms with E-state index < -0.39 is 0 Å². The average molecular weight is 301 g/mol. The van der Waals surface area contributed by atoms with E-state index in [0.29, 0.717) is 11.6 Å². The Morgan fingerprint density at radius 1 is 1.14 bits per heavy atom. The van der Waals surface area contributed by atoms with Crippen LogP contribution in [0, 0.1) is 0 Å². The molecule has 108 valence electrons. The maximum atomic E-state index is 12.3. The van der Waals surface area contributed by atoms with Crippen LogP contribution >= 0.6 is 11.6 Å². The molecule has 0 aliphatic carbocycles. The Morgan fingerprint density at radius 2 is 1.86 bits per heavy atom. The number of hydrogen-bond acceptors (Lipinski definition) is 2. The van der Waals surface area contributed by atoms with Crippen molar-refractivity contribution in [3.8, 4) is 0 Å². The lowest BCUT2D eigenvalue weighted by molar-refractivity contribution is -0.123. The van der Waals surface area contributed by atoms with Crippen molar-refractivity contribution in [1.82, 2.24) is 10.6 Å². The Bertz CT molecular complexity index is 657. The zero-order valence-corrected chi connectivity index (χ0v) is 12.4. The molecule has 0 bridgehead atoms. The van der Waals surface area contributed by atoms with Crippen molar-refractivity contribution < 1.29 is 4.79 Å². The molecule has 0 unspecified atom stereocenters. The molecule has 21 heavy (non-hydrogen) atoms. The van der Waals surface area contributed by atoms with E-state index in [-0.39, 0.29) is 11.9 Å². The van der Waals surface area contributed by atoms with E-state index in [1.165, 1.54) is 11.1 Å². The summed E-state index contributed by atoms with van der Waals surface area (Å²) in [5.74, 6) is 0.0180. The molecule has 1 aliphatic rings. The second kappa shape index (κ2) is 6.29. The molecule has 3 nitrogen and oxygen atoms in total. The zero-order valence-electron chi connectivity index (χ0n) is 11.6. The van der Waals surface area contributed by atoms with Crippen molar-refractivity contribution >= 4 is 17.5 Å². The number of nitrogens with one attached hydrogen (secondary N) is 2. The number of carbonyl (C=O) groups is 1. The standard InChI is InChI=1S/C17H17ClN2O/c18-15-8-4-3-7-14(15)11-20-17(21)16-9-12-5-1-2-6-13(12)10-19-16/h1-8,16,19H,9-11H2,(H,20,21)/t16-/m1/s1. The van der Waals surface area contributed by atoms with Crippen molar-refractivity contribution in [2.75, 3.05) is 0 Å². The number of fused-ring (bicyclic) bond motifs is 1. The lowest BCUT2D eigenvalue weighted by Gasteiger charge is -2.25. The maximum absolute atomic E-state index is 12.3. The van der Waals surface area contributed by atoms with Gasteiger partial charge in [-0.1, -0.05) is 54.1 Å². The number of halogens is 1. The van der Waals surface area contributed by atoms with Gasteiger partial charge in [0.05, 0.1) is 6.04 Å². The molecule has 4 heteroatoms. The molecule has 2 aromatic rings. The highest BCUT2D eigenvalue weighted by molar-refractivity contribution is 6.31. The molecule has 0 saturated carbocycles. The Morgan fingerprint density at radius 3 is 2.67 bits per heavy atom. The fourth-order valence-corrected chi connectivity index (χ4v) is 2.79. The highest BCUT2D eigenvalue weighted by Crippen LogP contribution is 2.17. The van der Waals surface area contributed by atoms with E-state index >= 15 is 0 Å². The zero-order chi connectivity index (χ0) is 14.7. The minimum Gasteiger partial charge on any atom is -0.351 e. The average Bonchev–Trinajstić information content (AvgIpc) is 2.53. The molecule has 1 atom stereocenters. The van der Waals surface area contributed by atoms with Gasteiger partial charge in [-0.2, -0.15) is 0 Å². The van der Waals surface area contributed by atoms with E-state index in [1.807, 2.05) is 36.4 Å². The van der Waals surface area contributed by atoms with Gasteiger partial charge in [0.15, 0.2) is 0 Å². The molecule has 0 saturated heterocycles. The summed E-state index contributed by atoms with van der Waals surface area (Å²) in [6.45, 7) is 1.19. The largest absolute Gasteiger partial charge is 0.351 e. The lowest BCUT2D eigenvalue weighted by Crippen LogP contribution is -2.47. The normalized spacial score (nSPS) is 17.1. The Kier molecular flexibility index (Phi) is 4.23. The third kappa shape index (κ3) is 3.26. The summed E-state index contributed by atoms with van der Waals surface area (Å²) in [7, 11) is 0. The van der Waals surface area contributed by atoms with Crippen LogP contribution in [0.2, 0.25) is 5.02 Å². The van der Waals surface area contributed by atoms with E-state index in [0.717, 1.165) is 18.5 Å². The predicted octanol–water partition coefficient (Wildman–Crippen LogP) is 2.67. The van der Waals surface area contributed by atoms with Crippen LogP contribution in [-0.4, -0.2) is 11.9 Å². The number of benzene rings is 2. The van der Waals surface area contributed by atoms with Gasteiger partial charge in [0.25, 0.3) is 0 Å². The molecule has 2 aromatic carbocycles. The molecule has 0 aromatic heterocycles. The second-order valence-electron chi connectivity index (χ2n) is 5.22. The summed E-state index contributed by atoms with van der Waals surface area (Å²) in [5, 5.41) is 6.92. The van der Waals surface area contributed by atoms with E-state index in [2.05, 4.69) is 22.8 Å². The molecule has 3 rings (SSSR count). The first-order valence-corrected chi connectivity index (χ1v) is 7.43. The topological polar surface area (TPSA) is 41.1 Å². The predicted molar refractivity (Wildman–Crippen MR) is 84.1 cm³/mol. The first-order chi connectivity index (χ1) is 10.2. The van der Waals surface area contributed by atoms with Gasteiger partial charge in [-0.25, -0.2) is 0 Å². The summed E-state index contributed by atoms with van der Waals surface area (Å²) < 4.78 is 0. The number of hydrogen-bond donors (Lipinski definition) is 2. The third-order valence-corrected chi connectivity index (χ3v) is 4.18. The number of rotatable bonds is 3. The van der Waals surface area contributed by atoms with Crippen LogP contribution in [0.5, 0.6) is 0 Å². The van der Waals surface area contributed by atoms with Gasteiger partial charge in [-0.05, 0) is 29.2 Å². The number of amides is 1. The van der Waals surface area contributed by atoms with Crippen molar-refractivity contribution in [1.29, 1.82) is 0 Å². The van der Waals surface area contributed by atoms with Crippen LogP contribution in [0.1, 0.15) is 16.7 Å². The Labute approximate surface area is 129 Å². The van der Waals surface area contributed by atoms with Crippen molar-refractivity contribution in [2.45, 2.75) is 25.6 Å². The van der Waals surface area contributed by atoms with Gasteiger partial charge >= 0.3 is 0 Å². The van der Waals surface area contributed by atoms with Crippen LogP contribution in [0.3, 0.4) is 0 Å². The summed E-state index contributed by atoms with van der Waals surface area (Å²) >= 11 is 6.09. The number of carbonyl (C=O) groups excluding carboxylic acids is 1. The first-order valence-electron chi connectivity index (χ1n) is 7.05.